The Balaban J connectivity index is 2.18. The van der Waals surface area contributed by atoms with Crippen LogP contribution in [-0.2, 0) is 6.61 Å². The Kier molecular flexibility index (Phi) is 4.97. The lowest BCUT2D eigenvalue weighted by molar-refractivity contribution is 0.301. The smallest absolute Gasteiger partial charge is 0.125 e. The predicted molar refractivity (Wildman–Crippen MR) is 82.6 cm³/mol. The van der Waals surface area contributed by atoms with Crippen molar-refractivity contribution < 1.29 is 9.13 Å². The summed E-state index contributed by atoms with van der Waals surface area (Å²) in [6.45, 7) is 4.55. The Hall–Kier alpha value is -2.31. The van der Waals surface area contributed by atoms with E-state index in [9.17, 15) is 4.39 Å². The molecule has 0 aliphatic rings. The molecule has 0 aromatic heterocycles. The molecule has 2 N–H and O–H groups in total. The zero-order valence-corrected chi connectivity index (χ0v) is 12.2. The Bertz CT molecular complexity index is 678. The maximum atomic E-state index is 13.6. The average Bonchev–Trinajstić information content (AvgIpc) is 2.44. The number of hydrogen-bond donors (Lipinski definition) is 1. The Labute approximate surface area is 124 Å². The van der Waals surface area contributed by atoms with Gasteiger partial charge in [0, 0.05) is 5.56 Å². The number of nitrogens with two attached hydrogens (primary N) is 1. The first kappa shape index (κ1) is 15.1. The molecule has 0 aliphatic carbocycles. The van der Waals surface area contributed by atoms with Crippen molar-refractivity contribution in [3.05, 3.63) is 64.5 Å². The third-order valence-corrected chi connectivity index (χ3v) is 3.08. The Morgan fingerprint density at radius 2 is 1.86 bits per heavy atom. The summed E-state index contributed by atoms with van der Waals surface area (Å²) in [7, 11) is 0. The molecule has 2 nitrogen and oxygen atoms in total. The van der Waals surface area contributed by atoms with Crippen LogP contribution in [0.25, 0.3) is 0 Å². The largest absolute Gasteiger partial charge is 0.488 e. The van der Waals surface area contributed by atoms with E-state index < -0.39 is 0 Å². The van der Waals surface area contributed by atoms with Crippen LogP contribution in [0.15, 0.2) is 36.4 Å². The molecule has 0 amide bonds. The molecule has 0 radical (unpaired) electrons. The van der Waals surface area contributed by atoms with Crippen LogP contribution in [0.5, 0.6) is 5.75 Å². The van der Waals surface area contributed by atoms with Crippen LogP contribution in [0.4, 0.5) is 4.39 Å². The minimum absolute atomic E-state index is 0.255. The third kappa shape index (κ3) is 4.08. The van der Waals surface area contributed by atoms with Crippen molar-refractivity contribution in [1.82, 2.24) is 0 Å². The lowest BCUT2D eigenvalue weighted by atomic mass is 10.1. The van der Waals surface area contributed by atoms with Crippen molar-refractivity contribution in [1.29, 1.82) is 0 Å². The van der Waals surface area contributed by atoms with Gasteiger partial charge in [-0.05, 0) is 48.7 Å². The number of aryl methyl sites for hydroxylation is 2. The monoisotopic (exact) mass is 283 g/mol. The fourth-order valence-electron chi connectivity index (χ4n) is 2.14. The standard InChI is InChI=1S/C18H18FNO/c1-13-5-3-6-14(2)18(13)21-12-16-9-15(7-4-8-20)10-17(19)11-16/h3,5-6,9-11H,8,12,20H2,1-2H3. The third-order valence-electron chi connectivity index (χ3n) is 3.08. The fraction of sp³-hybridized carbons (Fsp3) is 0.222. The van der Waals surface area contributed by atoms with E-state index in [1.54, 1.807) is 0 Å². The molecule has 2 aromatic rings. The summed E-state index contributed by atoms with van der Waals surface area (Å²) in [5.74, 6) is 6.08. The number of benzene rings is 2. The molecule has 108 valence electrons. The molecule has 0 bridgehead atoms. The molecular formula is C18H18FNO. The van der Waals surface area contributed by atoms with Gasteiger partial charge in [0.25, 0.3) is 0 Å². The van der Waals surface area contributed by atoms with Gasteiger partial charge in [-0.15, -0.1) is 0 Å². The minimum Gasteiger partial charge on any atom is -0.488 e. The molecule has 0 fully saturated rings. The van der Waals surface area contributed by atoms with Gasteiger partial charge in [-0.2, -0.15) is 0 Å². The van der Waals surface area contributed by atoms with Gasteiger partial charge in [-0.1, -0.05) is 30.0 Å². The Morgan fingerprint density at radius 1 is 1.14 bits per heavy atom. The summed E-state index contributed by atoms with van der Waals surface area (Å²) in [5, 5.41) is 0. The van der Waals surface area contributed by atoms with Gasteiger partial charge in [0.2, 0.25) is 0 Å². The molecule has 0 atom stereocenters. The summed E-state index contributed by atoms with van der Waals surface area (Å²) in [5.41, 5.74) is 8.82. The molecular weight excluding hydrogens is 265 g/mol. The van der Waals surface area contributed by atoms with Crippen LogP contribution in [0, 0.1) is 31.5 Å². The van der Waals surface area contributed by atoms with Crippen LogP contribution >= 0.6 is 0 Å². The quantitative estimate of drug-likeness (QED) is 0.877. The number of para-hydroxylation sites is 1. The summed E-state index contributed by atoms with van der Waals surface area (Å²) in [4.78, 5) is 0. The zero-order valence-electron chi connectivity index (χ0n) is 12.2. The van der Waals surface area contributed by atoms with Gasteiger partial charge in [0.1, 0.15) is 18.2 Å². The maximum absolute atomic E-state index is 13.6. The highest BCUT2D eigenvalue weighted by atomic mass is 19.1. The predicted octanol–water partition coefficient (Wildman–Crippen LogP) is 3.33. The van der Waals surface area contributed by atoms with Crippen molar-refractivity contribution in [3.8, 4) is 17.6 Å². The second kappa shape index (κ2) is 6.92. The summed E-state index contributed by atoms with van der Waals surface area (Å²) < 4.78 is 19.4. The topological polar surface area (TPSA) is 35.2 Å². The van der Waals surface area contributed by atoms with Crippen molar-refractivity contribution in [2.24, 2.45) is 5.73 Å². The maximum Gasteiger partial charge on any atom is 0.125 e. The summed E-state index contributed by atoms with van der Waals surface area (Å²) in [6.07, 6.45) is 0. The molecule has 0 spiro atoms. The van der Waals surface area contributed by atoms with E-state index in [-0.39, 0.29) is 12.4 Å². The molecule has 0 aliphatic heterocycles. The molecule has 2 aromatic carbocycles. The molecule has 0 saturated carbocycles. The fourth-order valence-corrected chi connectivity index (χ4v) is 2.14. The van der Waals surface area contributed by atoms with Gasteiger partial charge in [-0.25, -0.2) is 4.39 Å². The van der Waals surface area contributed by atoms with Crippen molar-refractivity contribution in [3.63, 3.8) is 0 Å². The van der Waals surface area contributed by atoms with E-state index in [0.29, 0.717) is 12.2 Å². The first-order valence-corrected chi connectivity index (χ1v) is 6.77. The normalized spacial score (nSPS) is 9.90. The van der Waals surface area contributed by atoms with E-state index in [4.69, 9.17) is 10.5 Å². The molecule has 2 rings (SSSR count). The highest BCUT2D eigenvalue weighted by molar-refractivity contribution is 5.41. The number of ether oxygens (including phenoxy) is 1. The van der Waals surface area contributed by atoms with E-state index in [1.165, 1.54) is 12.1 Å². The van der Waals surface area contributed by atoms with Gasteiger partial charge >= 0.3 is 0 Å². The molecule has 0 saturated heterocycles. The van der Waals surface area contributed by atoms with E-state index >= 15 is 0 Å². The van der Waals surface area contributed by atoms with Crippen LogP contribution in [0.1, 0.15) is 22.3 Å². The highest BCUT2D eigenvalue weighted by Gasteiger charge is 2.05. The SMILES string of the molecule is Cc1cccc(C)c1OCc1cc(F)cc(C#CCN)c1. The lowest BCUT2D eigenvalue weighted by Gasteiger charge is -2.12. The summed E-state index contributed by atoms with van der Waals surface area (Å²) >= 11 is 0. The molecule has 21 heavy (non-hydrogen) atoms. The van der Waals surface area contributed by atoms with Crippen LogP contribution in [-0.4, -0.2) is 6.54 Å². The van der Waals surface area contributed by atoms with Crippen molar-refractivity contribution in [2.75, 3.05) is 6.54 Å². The molecule has 0 heterocycles. The lowest BCUT2D eigenvalue weighted by Crippen LogP contribution is -2.00. The minimum atomic E-state index is -0.320. The van der Waals surface area contributed by atoms with Gasteiger partial charge < -0.3 is 10.5 Å². The van der Waals surface area contributed by atoms with Crippen molar-refractivity contribution >= 4 is 0 Å². The first-order chi connectivity index (χ1) is 10.1. The van der Waals surface area contributed by atoms with Gasteiger partial charge in [0.15, 0.2) is 0 Å². The Morgan fingerprint density at radius 3 is 2.52 bits per heavy atom. The first-order valence-electron chi connectivity index (χ1n) is 6.77. The highest BCUT2D eigenvalue weighted by Crippen LogP contribution is 2.23. The molecule has 3 heteroatoms. The van der Waals surface area contributed by atoms with Gasteiger partial charge in [0.05, 0.1) is 6.54 Å². The van der Waals surface area contributed by atoms with Crippen LogP contribution in [0.2, 0.25) is 0 Å². The van der Waals surface area contributed by atoms with Crippen molar-refractivity contribution in [2.45, 2.75) is 20.5 Å². The molecule has 0 unspecified atom stereocenters. The summed E-state index contributed by atoms with van der Waals surface area (Å²) in [6, 6.07) is 10.6. The van der Waals surface area contributed by atoms with E-state index in [0.717, 1.165) is 22.4 Å². The zero-order chi connectivity index (χ0) is 15.2. The van der Waals surface area contributed by atoms with E-state index in [2.05, 4.69) is 11.8 Å². The van der Waals surface area contributed by atoms with Crippen LogP contribution in [0.3, 0.4) is 0 Å². The average molecular weight is 283 g/mol. The number of halogens is 1. The van der Waals surface area contributed by atoms with Gasteiger partial charge in [-0.3, -0.25) is 0 Å². The van der Waals surface area contributed by atoms with Crippen LogP contribution < -0.4 is 10.5 Å². The number of rotatable bonds is 3. The number of hydrogen-bond acceptors (Lipinski definition) is 2. The van der Waals surface area contributed by atoms with E-state index in [1.807, 2.05) is 38.1 Å². The second-order valence-electron chi connectivity index (χ2n) is 4.86. The second-order valence-corrected chi connectivity index (χ2v) is 4.86.